The molecule has 1 aromatic heterocycles. The molecule has 1 aromatic carbocycles. The number of hydrogen-bond acceptors (Lipinski definition) is 4. The third-order valence-corrected chi connectivity index (χ3v) is 3.93. The Balaban J connectivity index is 2.14. The first-order valence-electron chi connectivity index (χ1n) is 6.43. The lowest BCUT2D eigenvalue weighted by Crippen LogP contribution is -2.20. The number of thiophene rings is 1. The summed E-state index contributed by atoms with van der Waals surface area (Å²) in [6, 6.07) is 8.69. The third kappa shape index (κ3) is 4.25. The number of carbonyl (C=O) groups is 2. The molecule has 2 N–H and O–H groups in total. The summed E-state index contributed by atoms with van der Waals surface area (Å²) in [6.07, 6.45) is 0. The van der Waals surface area contributed by atoms with Crippen LogP contribution in [-0.4, -0.2) is 17.5 Å². The minimum absolute atomic E-state index is 0.270. The minimum atomic E-state index is -0.355. The summed E-state index contributed by atoms with van der Waals surface area (Å²) in [4.78, 5) is 24.3. The zero-order valence-corrected chi connectivity index (χ0v) is 14.4. The molecule has 2 rings (SSSR count). The molecule has 0 spiro atoms. The van der Waals surface area contributed by atoms with E-state index in [9.17, 15) is 9.59 Å². The van der Waals surface area contributed by atoms with E-state index in [-0.39, 0.29) is 11.8 Å². The zero-order valence-electron chi connectivity index (χ0n) is 12.0. The average molecular weight is 380 g/mol. The number of rotatable bonds is 4. The van der Waals surface area contributed by atoms with Crippen molar-refractivity contribution in [2.24, 2.45) is 5.10 Å². The van der Waals surface area contributed by atoms with Crippen molar-refractivity contribution >= 4 is 49.8 Å². The van der Waals surface area contributed by atoms with Gasteiger partial charge in [0, 0.05) is 15.7 Å². The molecule has 5 nitrogen and oxygen atoms in total. The molecule has 0 fully saturated rings. The van der Waals surface area contributed by atoms with Gasteiger partial charge in [-0.2, -0.15) is 5.10 Å². The van der Waals surface area contributed by atoms with Crippen LogP contribution in [0.15, 0.2) is 45.3 Å². The Labute approximate surface area is 140 Å². The summed E-state index contributed by atoms with van der Waals surface area (Å²) >= 11 is 4.61. The molecule has 0 unspecified atom stereocenters. The highest BCUT2D eigenvalue weighted by atomic mass is 79.9. The molecule has 0 bridgehead atoms. The molecule has 0 atom stereocenters. The normalized spacial score (nSPS) is 9.95. The molecule has 2 aromatic rings. The van der Waals surface area contributed by atoms with E-state index in [0.29, 0.717) is 16.1 Å². The lowest BCUT2D eigenvalue weighted by molar-refractivity contribution is 0.0956. The Kier molecular flexibility index (Phi) is 5.46. The quantitative estimate of drug-likeness (QED) is 0.624. The minimum Gasteiger partial charge on any atom is -0.313 e. The van der Waals surface area contributed by atoms with Crippen LogP contribution in [0.4, 0.5) is 5.00 Å². The first-order chi connectivity index (χ1) is 10.5. The smallest absolute Gasteiger partial charge is 0.274 e. The number of anilines is 1. The van der Waals surface area contributed by atoms with E-state index >= 15 is 0 Å². The first-order valence-corrected chi connectivity index (χ1v) is 8.10. The first kappa shape index (κ1) is 16.4. The van der Waals surface area contributed by atoms with Crippen molar-refractivity contribution in [3.63, 3.8) is 0 Å². The van der Waals surface area contributed by atoms with Crippen molar-refractivity contribution in [2.75, 3.05) is 5.32 Å². The van der Waals surface area contributed by atoms with Gasteiger partial charge in [-0.3, -0.25) is 9.59 Å². The second kappa shape index (κ2) is 7.33. The van der Waals surface area contributed by atoms with Crippen LogP contribution in [0, 0.1) is 0 Å². The van der Waals surface area contributed by atoms with E-state index in [4.69, 9.17) is 0 Å². The SMILES string of the molecule is CC(C)=NNC(=O)c1ccsc1NC(=O)c1cccc(Br)c1. The predicted molar refractivity (Wildman–Crippen MR) is 92.7 cm³/mol. The van der Waals surface area contributed by atoms with E-state index < -0.39 is 0 Å². The standard InChI is InChI=1S/C15H14BrN3O2S/c1-9(2)18-19-14(21)12-6-7-22-15(12)17-13(20)10-4-3-5-11(16)8-10/h3-8H,1-2H3,(H,17,20)(H,19,21). The fraction of sp³-hybridized carbons (Fsp3) is 0.133. The number of halogens is 1. The molecular formula is C15H14BrN3O2S. The summed E-state index contributed by atoms with van der Waals surface area (Å²) in [5.41, 5.74) is 4.08. The maximum absolute atomic E-state index is 12.2. The molecule has 0 aliphatic rings. The van der Waals surface area contributed by atoms with Crippen molar-refractivity contribution in [1.29, 1.82) is 0 Å². The number of nitrogens with zero attached hydrogens (tertiary/aromatic N) is 1. The van der Waals surface area contributed by atoms with Crippen LogP contribution in [0.25, 0.3) is 0 Å². The molecule has 0 aliphatic heterocycles. The lowest BCUT2D eigenvalue weighted by Gasteiger charge is -2.06. The van der Waals surface area contributed by atoms with Crippen LogP contribution < -0.4 is 10.7 Å². The number of benzene rings is 1. The van der Waals surface area contributed by atoms with Gasteiger partial charge < -0.3 is 5.32 Å². The Morgan fingerprint density at radius 1 is 1.18 bits per heavy atom. The van der Waals surface area contributed by atoms with Gasteiger partial charge in [0.05, 0.1) is 5.56 Å². The van der Waals surface area contributed by atoms with Gasteiger partial charge >= 0.3 is 0 Å². The van der Waals surface area contributed by atoms with Crippen molar-refractivity contribution in [2.45, 2.75) is 13.8 Å². The molecule has 0 saturated heterocycles. The molecule has 0 radical (unpaired) electrons. The summed E-state index contributed by atoms with van der Waals surface area (Å²) in [5, 5.41) is 8.86. The van der Waals surface area contributed by atoms with E-state index in [2.05, 4.69) is 31.8 Å². The highest BCUT2D eigenvalue weighted by Gasteiger charge is 2.15. The summed E-state index contributed by atoms with van der Waals surface area (Å²) in [7, 11) is 0. The van der Waals surface area contributed by atoms with E-state index in [0.717, 1.165) is 10.2 Å². The van der Waals surface area contributed by atoms with Crippen LogP contribution in [0.1, 0.15) is 34.6 Å². The number of carbonyl (C=O) groups excluding carboxylic acids is 2. The zero-order chi connectivity index (χ0) is 16.1. The number of nitrogens with one attached hydrogen (secondary N) is 2. The van der Waals surface area contributed by atoms with Gasteiger partial charge in [0.1, 0.15) is 5.00 Å². The second-order valence-electron chi connectivity index (χ2n) is 4.63. The van der Waals surface area contributed by atoms with Gasteiger partial charge in [-0.25, -0.2) is 5.43 Å². The molecule has 114 valence electrons. The molecule has 0 saturated carbocycles. The fourth-order valence-electron chi connectivity index (χ4n) is 1.61. The molecule has 1 heterocycles. The van der Waals surface area contributed by atoms with Gasteiger partial charge in [-0.1, -0.05) is 22.0 Å². The molecule has 7 heteroatoms. The van der Waals surface area contributed by atoms with Gasteiger partial charge in [0.2, 0.25) is 0 Å². The second-order valence-corrected chi connectivity index (χ2v) is 6.46. The molecule has 0 aliphatic carbocycles. The van der Waals surface area contributed by atoms with Crippen LogP contribution in [0.5, 0.6) is 0 Å². The predicted octanol–water partition coefficient (Wildman–Crippen LogP) is 3.89. The lowest BCUT2D eigenvalue weighted by atomic mass is 10.2. The van der Waals surface area contributed by atoms with Crippen molar-refractivity contribution in [3.8, 4) is 0 Å². The van der Waals surface area contributed by atoms with Crippen LogP contribution in [0.3, 0.4) is 0 Å². The van der Waals surface area contributed by atoms with E-state index in [1.165, 1.54) is 11.3 Å². The van der Waals surface area contributed by atoms with Crippen molar-refractivity contribution in [1.82, 2.24) is 5.43 Å². The average Bonchev–Trinajstić information content (AvgIpc) is 2.93. The molecular weight excluding hydrogens is 366 g/mol. The largest absolute Gasteiger partial charge is 0.313 e. The number of hydrogen-bond donors (Lipinski definition) is 2. The van der Waals surface area contributed by atoms with Crippen molar-refractivity contribution < 1.29 is 9.59 Å². The van der Waals surface area contributed by atoms with Gasteiger partial charge in [-0.05, 0) is 43.5 Å². The van der Waals surface area contributed by atoms with E-state index in [1.807, 2.05) is 6.07 Å². The summed E-state index contributed by atoms with van der Waals surface area (Å²) in [5.74, 6) is -0.625. The Hall–Kier alpha value is -1.99. The third-order valence-electron chi connectivity index (χ3n) is 2.60. The van der Waals surface area contributed by atoms with Gasteiger partial charge in [0.15, 0.2) is 0 Å². The molecule has 22 heavy (non-hydrogen) atoms. The summed E-state index contributed by atoms with van der Waals surface area (Å²) in [6.45, 7) is 3.56. The molecule has 2 amide bonds. The Morgan fingerprint density at radius 3 is 2.64 bits per heavy atom. The van der Waals surface area contributed by atoms with E-state index in [1.54, 1.807) is 43.5 Å². The van der Waals surface area contributed by atoms with Crippen LogP contribution in [0.2, 0.25) is 0 Å². The number of hydrazone groups is 1. The highest BCUT2D eigenvalue weighted by Crippen LogP contribution is 2.24. The maximum atomic E-state index is 12.2. The highest BCUT2D eigenvalue weighted by molar-refractivity contribution is 9.10. The Morgan fingerprint density at radius 2 is 1.95 bits per heavy atom. The Bertz CT molecular complexity index is 736. The van der Waals surface area contributed by atoms with Crippen LogP contribution in [-0.2, 0) is 0 Å². The summed E-state index contributed by atoms with van der Waals surface area (Å²) < 4.78 is 0.817. The topological polar surface area (TPSA) is 70.6 Å². The monoisotopic (exact) mass is 379 g/mol. The van der Waals surface area contributed by atoms with Crippen molar-refractivity contribution in [3.05, 3.63) is 51.3 Å². The fourth-order valence-corrected chi connectivity index (χ4v) is 2.79. The van der Waals surface area contributed by atoms with Crippen LogP contribution >= 0.6 is 27.3 Å². The maximum Gasteiger partial charge on any atom is 0.274 e. The van der Waals surface area contributed by atoms with Gasteiger partial charge in [-0.15, -0.1) is 11.3 Å². The van der Waals surface area contributed by atoms with Gasteiger partial charge in [0.25, 0.3) is 11.8 Å². The number of amides is 2.